The summed E-state index contributed by atoms with van der Waals surface area (Å²) in [6.07, 6.45) is 1.44. The lowest BCUT2D eigenvalue weighted by Gasteiger charge is -2.24. The highest BCUT2D eigenvalue weighted by Gasteiger charge is 2.28. The summed E-state index contributed by atoms with van der Waals surface area (Å²) in [6.45, 7) is 2.00. The molecule has 2 aliphatic rings. The number of nitrogens with zero attached hydrogens (tertiary/aromatic N) is 1. The number of ether oxygens (including phenoxy) is 1. The van der Waals surface area contributed by atoms with E-state index in [0.29, 0.717) is 12.5 Å². The van der Waals surface area contributed by atoms with Crippen LogP contribution in [0.1, 0.15) is 32.1 Å². The molecule has 1 saturated carbocycles. The Labute approximate surface area is 112 Å². The summed E-state index contributed by atoms with van der Waals surface area (Å²) in [5, 5.41) is 3.53. The van der Waals surface area contributed by atoms with Gasteiger partial charge >= 0.3 is 6.18 Å². The average molecular weight is 280 g/mol. The fraction of sp³-hybridized carbons (Fsp3) is 1.00. The third-order valence-corrected chi connectivity index (χ3v) is 3.72. The summed E-state index contributed by atoms with van der Waals surface area (Å²) in [6, 6.07) is 1.28. The molecular weight excluding hydrogens is 257 g/mol. The zero-order chi connectivity index (χ0) is 13.7. The van der Waals surface area contributed by atoms with Gasteiger partial charge in [-0.2, -0.15) is 13.2 Å². The molecule has 0 radical (unpaired) electrons. The minimum Gasteiger partial charge on any atom is -0.372 e. The third-order valence-electron chi connectivity index (χ3n) is 3.72. The summed E-state index contributed by atoms with van der Waals surface area (Å²) in [5.74, 6) is 0. The number of alkyl halides is 3. The van der Waals surface area contributed by atoms with Crippen LogP contribution in [0.5, 0.6) is 0 Å². The predicted octanol–water partition coefficient (Wildman–Crippen LogP) is 2.17. The van der Waals surface area contributed by atoms with Gasteiger partial charge in [0.1, 0.15) is 6.61 Å². The van der Waals surface area contributed by atoms with Crippen molar-refractivity contribution in [3.05, 3.63) is 0 Å². The van der Waals surface area contributed by atoms with Gasteiger partial charge in [0.05, 0.1) is 0 Å². The van der Waals surface area contributed by atoms with E-state index in [9.17, 15) is 13.2 Å². The van der Waals surface area contributed by atoms with Gasteiger partial charge in [0.25, 0.3) is 0 Å². The van der Waals surface area contributed by atoms with Crippen LogP contribution in [0.2, 0.25) is 0 Å². The molecule has 1 aliphatic heterocycles. The number of nitrogens with one attached hydrogen (secondary N) is 1. The van der Waals surface area contributed by atoms with Gasteiger partial charge in [-0.3, -0.25) is 4.90 Å². The number of rotatable bonds is 8. The third kappa shape index (κ3) is 6.10. The molecule has 2 rings (SSSR count). The number of halogens is 3. The van der Waals surface area contributed by atoms with Crippen molar-refractivity contribution in [1.29, 1.82) is 0 Å². The van der Waals surface area contributed by atoms with Crippen molar-refractivity contribution in [2.24, 2.45) is 0 Å². The Balaban J connectivity index is 1.53. The van der Waals surface area contributed by atoms with E-state index in [-0.39, 0.29) is 6.61 Å². The maximum Gasteiger partial charge on any atom is 0.411 e. The molecule has 0 spiro atoms. The fourth-order valence-corrected chi connectivity index (χ4v) is 2.57. The molecule has 1 heterocycles. The Morgan fingerprint density at radius 2 is 2.00 bits per heavy atom. The number of hydrogen-bond acceptors (Lipinski definition) is 3. The van der Waals surface area contributed by atoms with Crippen LogP contribution in [0.25, 0.3) is 0 Å². The van der Waals surface area contributed by atoms with E-state index in [2.05, 4.69) is 15.0 Å². The molecule has 112 valence electrons. The van der Waals surface area contributed by atoms with E-state index in [4.69, 9.17) is 0 Å². The Morgan fingerprint density at radius 3 is 2.68 bits per heavy atom. The lowest BCUT2D eigenvalue weighted by molar-refractivity contribution is -0.174. The summed E-state index contributed by atoms with van der Waals surface area (Å²) >= 11 is 0. The van der Waals surface area contributed by atoms with Crippen LogP contribution in [0.3, 0.4) is 0 Å². The molecule has 0 aromatic heterocycles. The summed E-state index contributed by atoms with van der Waals surface area (Å²) in [7, 11) is 0. The maximum absolute atomic E-state index is 11.9. The monoisotopic (exact) mass is 280 g/mol. The Morgan fingerprint density at radius 1 is 1.21 bits per heavy atom. The SMILES string of the molecule is FC(F)(F)COCCCN1CCCC1CNC1CC1. The molecule has 2 fully saturated rings. The van der Waals surface area contributed by atoms with Crippen LogP contribution in [0, 0.1) is 0 Å². The first-order valence-electron chi connectivity index (χ1n) is 7.16. The molecule has 6 heteroatoms. The highest BCUT2D eigenvalue weighted by atomic mass is 19.4. The predicted molar refractivity (Wildman–Crippen MR) is 67.1 cm³/mol. The minimum atomic E-state index is -4.20. The molecule has 1 N–H and O–H groups in total. The number of hydrogen-bond donors (Lipinski definition) is 1. The van der Waals surface area contributed by atoms with Gasteiger partial charge < -0.3 is 10.1 Å². The van der Waals surface area contributed by atoms with Crippen LogP contribution in [-0.4, -0.2) is 56.0 Å². The molecule has 0 aromatic rings. The van der Waals surface area contributed by atoms with Crippen LogP contribution >= 0.6 is 0 Å². The van der Waals surface area contributed by atoms with Crippen molar-refractivity contribution in [1.82, 2.24) is 10.2 Å². The van der Waals surface area contributed by atoms with E-state index in [1.807, 2.05) is 0 Å². The molecule has 0 bridgehead atoms. The standard InChI is InChI=1S/C13H23F3N2O/c14-13(15,16)10-19-8-2-7-18-6-1-3-12(18)9-17-11-4-5-11/h11-12,17H,1-10H2. The van der Waals surface area contributed by atoms with Gasteiger partial charge in [0.15, 0.2) is 0 Å². The Kier molecular flexibility index (Phi) is 5.47. The van der Waals surface area contributed by atoms with E-state index < -0.39 is 12.8 Å². The van der Waals surface area contributed by atoms with Gasteiger partial charge in [-0.1, -0.05) is 0 Å². The van der Waals surface area contributed by atoms with Gasteiger partial charge in [-0.25, -0.2) is 0 Å². The van der Waals surface area contributed by atoms with Gasteiger partial charge in [0.2, 0.25) is 0 Å². The van der Waals surface area contributed by atoms with Crippen molar-refractivity contribution in [3.63, 3.8) is 0 Å². The van der Waals surface area contributed by atoms with Gasteiger partial charge in [-0.05, 0) is 38.6 Å². The normalized spacial score (nSPS) is 25.1. The lowest BCUT2D eigenvalue weighted by atomic mass is 10.2. The van der Waals surface area contributed by atoms with Crippen molar-refractivity contribution in [3.8, 4) is 0 Å². The van der Waals surface area contributed by atoms with Crippen molar-refractivity contribution >= 4 is 0 Å². The van der Waals surface area contributed by atoms with Crippen LogP contribution in [0.15, 0.2) is 0 Å². The minimum absolute atomic E-state index is 0.193. The fourth-order valence-electron chi connectivity index (χ4n) is 2.57. The molecule has 1 unspecified atom stereocenters. The van der Waals surface area contributed by atoms with Crippen LogP contribution in [-0.2, 0) is 4.74 Å². The molecule has 3 nitrogen and oxygen atoms in total. The number of likely N-dealkylation sites (tertiary alicyclic amines) is 1. The van der Waals surface area contributed by atoms with Crippen LogP contribution in [0.4, 0.5) is 13.2 Å². The largest absolute Gasteiger partial charge is 0.411 e. The van der Waals surface area contributed by atoms with Crippen LogP contribution < -0.4 is 5.32 Å². The summed E-state index contributed by atoms with van der Waals surface area (Å²) < 4.78 is 40.3. The van der Waals surface area contributed by atoms with E-state index in [1.165, 1.54) is 25.7 Å². The topological polar surface area (TPSA) is 24.5 Å². The molecular formula is C13H23F3N2O. The summed E-state index contributed by atoms with van der Waals surface area (Å²) in [4.78, 5) is 2.38. The lowest BCUT2D eigenvalue weighted by Crippen LogP contribution is -2.39. The van der Waals surface area contributed by atoms with Gasteiger partial charge in [0, 0.05) is 31.8 Å². The van der Waals surface area contributed by atoms with Crippen molar-refractivity contribution < 1.29 is 17.9 Å². The zero-order valence-electron chi connectivity index (χ0n) is 11.2. The van der Waals surface area contributed by atoms with E-state index in [0.717, 1.165) is 25.7 Å². The van der Waals surface area contributed by atoms with Crippen molar-refractivity contribution in [2.45, 2.75) is 50.4 Å². The molecule has 19 heavy (non-hydrogen) atoms. The van der Waals surface area contributed by atoms with E-state index >= 15 is 0 Å². The highest BCUT2D eigenvalue weighted by molar-refractivity contribution is 4.86. The second-order valence-electron chi connectivity index (χ2n) is 5.54. The molecule has 0 aromatic carbocycles. The van der Waals surface area contributed by atoms with Crippen molar-refractivity contribution in [2.75, 3.05) is 32.8 Å². The average Bonchev–Trinajstić information content (AvgIpc) is 3.05. The second kappa shape index (κ2) is 6.90. The summed E-state index contributed by atoms with van der Waals surface area (Å²) in [5.41, 5.74) is 0. The first kappa shape index (κ1) is 15.1. The second-order valence-corrected chi connectivity index (χ2v) is 5.54. The zero-order valence-corrected chi connectivity index (χ0v) is 11.2. The maximum atomic E-state index is 11.9. The first-order valence-corrected chi connectivity index (χ1v) is 7.16. The highest BCUT2D eigenvalue weighted by Crippen LogP contribution is 2.21. The molecule has 1 atom stereocenters. The Bertz CT molecular complexity index is 269. The first-order chi connectivity index (χ1) is 9.04. The quantitative estimate of drug-likeness (QED) is 0.690. The molecule has 1 saturated heterocycles. The molecule has 0 amide bonds. The van der Waals surface area contributed by atoms with E-state index in [1.54, 1.807) is 0 Å². The Hall–Kier alpha value is -0.330. The van der Waals surface area contributed by atoms with Gasteiger partial charge in [-0.15, -0.1) is 0 Å². The molecule has 1 aliphatic carbocycles. The smallest absolute Gasteiger partial charge is 0.372 e.